The number of guanidine groups is 1. The molecule has 0 aliphatic rings. The Bertz CT molecular complexity index is 619. The Balaban J connectivity index is 0.00000676. The molecule has 0 amide bonds. The molecule has 0 saturated heterocycles. The lowest BCUT2D eigenvalue weighted by molar-refractivity contribution is -0.154. The van der Waals surface area contributed by atoms with Crippen LogP contribution in [0.15, 0.2) is 23.2 Å². The number of rotatable bonds is 9. The maximum atomic E-state index is 11.6. The highest BCUT2D eigenvalue weighted by atomic mass is 127. The van der Waals surface area contributed by atoms with Crippen LogP contribution in [0.5, 0.6) is 5.75 Å². The summed E-state index contributed by atoms with van der Waals surface area (Å²) in [7, 11) is 1.57. The molecular weight excluding hydrogens is 481 g/mol. The molecule has 1 aromatic carbocycles. The molecule has 27 heavy (non-hydrogen) atoms. The van der Waals surface area contributed by atoms with Crippen LogP contribution < -0.4 is 15.8 Å². The fourth-order valence-electron chi connectivity index (χ4n) is 2.26. The summed E-state index contributed by atoms with van der Waals surface area (Å²) < 4.78 is 10.4. The number of esters is 1. The van der Waals surface area contributed by atoms with E-state index in [-0.39, 0.29) is 29.9 Å². The minimum absolute atomic E-state index is 0. The molecule has 3 N–H and O–H groups in total. The van der Waals surface area contributed by atoms with Crippen molar-refractivity contribution < 1.29 is 14.3 Å². The monoisotopic (exact) mass is 511 g/mol. The Morgan fingerprint density at radius 2 is 1.89 bits per heavy atom. The minimum atomic E-state index is -0.412. The maximum Gasteiger partial charge on any atom is 0.306 e. The summed E-state index contributed by atoms with van der Waals surface area (Å²) in [4.78, 5) is 15.9. The molecule has 0 aromatic heterocycles. The first-order chi connectivity index (χ1) is 12.2. The summed E-state index contributed by atoms with van der Waals surface area (Å²) in [5.74, 6) is 0.821. The highest BCUT2D eigenvalue weighted by molar-refractivity contribution is 14.0. The Morgan fingerprint density at radius 3 is 2.48 bits per heavy atom. The van der Waals surface area contributed by atoms with Gasteiger partial charge < -0.3 is 20.5 Å². The van der Waals surface area contributed by atoms with Gasteiger partial charge in [0.1, 0.15) is 11.4 Å². The van der Waals surface area contributed by atoms with Crippen molar-refractivity contribution in [2.45, 2.75) is 58.5 Å². The molecular formula is C19H31ClIN3O3. The van der Waals surface area contributed by atoms with Crippen LogP contribution in [0.4, 0.5) is 5.69 Å². The predicted molar refractivity (Wildman–Crippen MR) is 122 cm³/mol. The van der Waals surface area contributed by atoms with E-state index in [2.05, 4.69) is 10.3 Å². The van der Waals surface area contributed by atoms with Gasteiger partial charge in [0.15, 0.2) is 5.96 Å². The van der Waals surface area contributed by atoms with Crippen molar-refractivity contribution in [2.75, 3.05) is 19.0 Å². The third kappa shape index (κ3) is 12.0. The van der Waals surface area contributed by atoms with Crippen LogP contribution in [-0.2, 0) is 9.53 Å². The molecule has 0 aliphatic carbocycles. The fraction of sp³-hybridized carbons (Fsp3) is 0.579. The molecule has 0 atom stereocenters. The SMILES string of the molecule is COc1ccc(NC(N)=NCCCCCCC(=O)OC(C)(C)C)cc1Cl.I. The first-order valence-electron chi connectivity index (χ1n) is 8.83. The van der Waals surface area contributed by atoms with Gasteiger partial charge >= 0.3 is 5.97 Å². The number of ether oxygens (including phenoxy) is 2. The summed E-state index contributed by atoms with van der Waals surface area (Å²) in [6, 6.07) is 5.33. The minimum Gasteiger partial charge on any atom is -0.495 e. The smallest absolute Gasteiger partial charge is 0.306 e. The van der Waals surface area contributed by atoms with E-state index in [1.165, 1.54) is 0 Å². The van der Waals surface area contributed by atoms with Crippen LogP contribution in [0.2, 0.25) is 5.02 Å². The van der Waals surface area contributed by atoms with Crippen molar-refractivity contribution >= 4 is 53.2 Å². The molecule has 154 valence electrons. The third-order valence-corrected chi connectivity index (χ3v) is 3.71. The quantitative estimate of drug-likeness (QED) is 0.160. The van der Waals surface area contributed by atoms with E-state index in [9.17, 15) is 4.79 Å². The van der Waals surface area contributed by atoms with Crippen LogP contribution in [-0.4, -0.2) is 31.2 Å². The number of carbonyl (C=O) groups excluding carboxylic acids is 1. The Labute approximate surface area is 184 Å². The van der Waals surface area contributed by atoms with Crippen LogP contribution in [0.3, 0.4) is 0 Å². The molecule has 0 saturated carbocycles. The van der Waals surface area contributed by atoms with Gasteiger partial charge in [0.05, 0.1) is 12.1 Å². The maximum absolute atomic E-state index is 11.6. The summed E-state index contributed by atoms with van der Waals surface area (Å²) in [5, 5.41) is 3.51. The van der Waals surface area contributed by atoms with Crippen molar-refractivity contribution in [2.24, 2.45) is 10.7 Å². The van der Waals surface area contributed by atoms with Gasteiger partial charge in [-0.3, -0.25) is 9.79 Å². The normalized spacial score (nSPS) is 11.5. The zero-order valence-electron chi connectivity index (χ0n) is 16.5. The van der Waals surface area contributed by atoms with Crippen molar-refractivity contribution in [3.63, 3.8) is 0 Å². The second kappa shape index (κ2) is 13.0. The van der Waals surface area contributed by atoms with E-state index in [0.717, 1.165) is 31.4 Å². The Kier molecular flexibility index (Phi) is 12.5. The van der Waals surface area contributed by atoms with Crippen LogP contribution in [0, 0.1) is 0 Å². The van der Waals surface area contributed by atoms with Gasteiger partial charge in [0, 0.05) is 18.7 Å². The number of anilines is 1. The topological polar surface area (TPSA) is 85.9 Å². The number of carbonyl (C=O) groups is 1. The lowest BCUT2D eigenvalue weighted by Crippen LogP contribution is -2.23. The van der Waals surface area contributed by atoms with Crippen LogP contribution in [0.25, 0.3) is 0 Å². The lowest BCUT2D eigenvalue weighted by Gasteiger charge is -2.19. The van der Waals surface area contributed by atoms with Gasteiger partial charge in [-0.1, -0.05) is 24.4 Å². The zero-order valence-corrected chi connectivity index (χ0v) is 19.6. The molecule has 0 aliphatic heterocycles. The van der Waals surface area contributed by atoms with E-state index in [4.69, 9.17) is 26.8 Å². The molecule has 6 nitrogen and oxygen atoms in total. The lowest BCUT2D eigenvalue weighted by atomic mass is 10.1. The van der Waals surface area contributed by atoms with Gasteiger partial charge in [-0.15, -0.1) is 24.0 Å². The average Bonchev–Trinajstić information content (AvgIpc) is 2.52. The van der Waals surface area contributed by atoms with E-state index < -0.39 is 5.60 Å². The second-order valence-corrected chi connectivity index (χ2v) is 7.40. The molecule has 0 unspecified atom stereocenters. The number of nitrogens with one attached hydrogen (secondary N) is 1. The summed E-state index contributed by atoms with van der Waals surface area (Å²) in [6.45, 7) is 6.26. The van der Waals surface area contributed by atoms with E-state index in [1.54, 1.807) is 19.2 Å². The summed E-state index contributed by atoms with van der Waals surface area (Å²) in [6.07, 6.45) is 4.17. The largest absolute Gasteiger partial charge is 0.495 e. The Morgan fingerprint density at radius 1 is 1.22 bits per heavy atom. The third-order valence-electron chi connectivity index (χ3n) is 3.42. The average molecular weight is 512 g/mol. The summed E-state index contributed by atoms with van der Waals surface area (Å²) >= 11 is 6.07. The number of halogens is 2. The van der Waals surface area contributed by atoms with Crippen molar-refractivity contribution in [1.29, 1.82) is 0 Å². The van der Waals surface area contributed by atoms with Gasteiger partial charge in [0.25, 0.3) is 0 Å². The molecule has 8 heteroatoms. The van der Waals surface area contributed by atoms with Gasteiger partial charge in [0.2, 0.25) is 0 Å². The molecule has 0 heterocycles. The number of methoxy groups -OCH3 is 1. The first-order valence-corrected chi connectivity index (χ1v) is 9.21. The van der Waals surface area contributed by atoms with Gasteiger partial charge in [-0.05, 0) is 51.8 Å². The molecule has 0 bridgehead atoms. The summed E-state index contributed by atoms with van der Waals surface area (Å²) in [5.41, 5.74) is 6.22. The molecule has 0 fully saturated rings. The van der Waals surface area contributed by atoms with Crippen molar-refractivity contribution in [3.05, 3.63) is 23.2 Å². The van der Waals surface area contributed by atoms with Gasteiger partial charge in [-0.25, -0.2) is 0 Å². The van der Waals surface area contributed by atoms with E-state index >= 15 is 0 Å². The van der Waals surface area contributed by atoms with Gasteiger partial charge in [-0.2, -0.15) is 0 Å². The van der Waals surface area contributed by atoms with Crippen molar-refractivity contribution in [1.82, 2.24) is 0 Å². The predicted octanol–water partition coefficient (Wildman–Crippen LogP) is 4.99. The Hall–Kier alpha value is -1.22. The molecule has 1 aromatic rings. The molecule has 1 rings (SSSR count). The van der Waals surface area contributed by atoms with Crippen LogP contribution in [0.1, 0.15) is 52.9 Å². The molecule has 0 spiro atoms. The van der Waals surface area contributed by atoms with E-state index in [1.807, 2.05) is 26.8 Å². The number of hydrogen-bond acceptors (Lipinski definition) is 4. The first kappa shape index (κ1) is 25.8. The fourth-order valence-corrected chi connectivity index (χ4v) is 2.52. The highest BCUT2D eigenvalue weighted by Crippen LogP contribution is 2.27. The number of hydrogen-bond donors (Lipinski definition) is 2. The number of nitrogens with zero attached hydrogens (tertiary/aromatic N) is 1. The number of benzene rings is 1. The van der Waals surface area contributed by atoms with E-state index in [0.29, 0.717) is 29.7 Å². The van der Waals surface area contributed by atoms with Crippen molar-refractivity contribution in [3.8, 4) is 5.75 Å². The van der Waals surface area contributed by atoms with Crippen LogP contribution >= 0.6 is 35.6 Å². The zero-order chi connectivity index (χ0) is 19.6. The standard InChI is InChI=1S/C19H30ClN3O3.HI/c1-19(2,3)26-17(24)9-7-5-6-8-12-22-18(21)23-14-10-11-16(25-4)15(20)13-14;/h10-11,13H,5-9,12H2,1-4H3,(H3,21,22,23);1H. The second-order valence-electron chi connectivity index (χ2n) is 6.99. The molecule has 0 radical (unpaired) electrons. The number of aliphatic imine (C=N–C) groups is 1. The highest BCUT2D eigenvalue weighted by Gasteiger charge is 2.15. The number of nitrogens with two attached hydrogens (primary N) is 1. The number of unbranched alkanes of at least 4 members (excludes halogenated alkanes) is 3.